The number of halogens is 2. The van der Waals surface area contributed by atoms with E-state index in [9.17, 15) is 28.5 Å². The largest absolute Gasteiger partial charge is 0.455 e. The van der Waals surface area contributed by atoms with E-state index in [0.717, 1.165) is 23.9 Å². The fourth-order valence-corrected chi connectivity index (χ4v) is 2.79. The Bertz CT molecular complexity index is 861. The molecule has 0 aliphatic rings. The van der Waals surface area contributed by atoms with Crippen LogP contribution in [-0.4, -0.2) is 28.7 Å². The van der Waals surface area contributed by atoms with Gasteiger partial charge in [0, 0.05) is 28.8 Å². The van der Waals surface area contributed by atoms with E-state index in [0.29, 0.717) is 4.90 Å². The van der Waals surface area contributed by atoms with Crippen LogP contribution in [0.1, 0.15) is 6.92 Å². The molecule has 0 heterocycles. The first kappa shape index (κ1) is 20.3. The normalized spacial score (nSPS) is 11.5. The highest BCUT2D eigenvalue weighted by Gasteiger charge is 2.18. The number of nitrogens with one attached hydrogen (secondary N) is 1. The molecular formula is C17H14F2N2O5S. The first-order valence-electron chi connectivity index (χ1n) is 7.59. The van der Waals surface area contributed by atoms with Gasteiger partial charge in [0.2, 0.25) is 0 Å². The summed E-state index contributed by atoms with van der Waals surface area (Å²) in [5.74, 6) is -3.53. The molecule has 1 N–H and O–H groups in total. The van der Waals surface area contributed by atoms with Crippen LogP contribution in [0, 0.1) is 21.7 Å². The molecule has 0 aromatic heterocycles. The van der Waals surface area contributed by atoms with Crippen molar-refractivity contribution in [3.63, 3.8) is 0 Å². The van der Waals surface area contributed by atoms with Crippen LogP contribution in [0.15, 0.2) is 47.4 Å². The maximum absolute atomic E-state index is 13.1. The van der Waals surface area contributed by atoms with Gasteiger partial charge in [-0.2, -0.15) is 0 Å². The average Bonchev–Trinajstić information content (AvgIpc) is 2.63. The zero-order chi connectivity index (χ0) is 20.0. The van der Waals surface area contributed by atoms with Crippen LogP contribution in [0.4, 0.5) is 20.2 Å². The van der Waals surface area contributed by atoms with Crippen molar-refractivity contribution in [2.45, 2.75) is 17.1 Å². The third kappa shape index (κ3) is 6.03. The molecule has 2 rings (SSSR count). The van der Waals surface area contributed by atoms with E-state index in [1.165, 1.54) is 30.3 Å². The summed E-state index contributed by atoms with van der Waals surface area (Å²) in [6.07, 6.45) is 0. The molecule has 0 aliphatic heterocycles. The van der Waals surface area contributed by atoms with Gasteiger partial charge < -0.3 is 10.1 Å². The number of ether oxygens (including phenoxy) is 1. The Hall–Kier alpha value is -3.01. The molecule has 1 amide bonds. The van der Waals surface area contributed by atoms with E-state index in [1.54, 1.807) is 6.92 Å². The number of anilines is 1. The first-order valence-corrected chi connectivity index (χ1v) is 8.47. The number of amides is 1. The van der Waals surface area contributed by atoms with Crippen molar-refractivity contribution in [2.75, 3.05) is 11.9 Å². The zero-order valence-corrected chi connectivity index (χ0v) is 14.8. The number of benzene rings is 2. The molecule has 7 nitrogen and oxygen atoms in total. The first-order chi connectivity index (χ1) is 12.8. The van der Waals surface area contributed by atoms with Crippen molar-refractivity contribution in [1.82, 2.24) is 0 Å². The van der Waals surface area contributed by atoms with Crippen LogP contribution in [0.25, 0.3) is 0 Å². The van der Waals surface area contributed by atoms with E-state index in [2.05, 4.69) is 5.32 Å². The Kier molecular flexibility index (Phi) is 6.83. The second kappa shape index (κ2) is 9.08. The monoisotopic (exact) mass is 396 g/mol. The number of nitro benzene ring substituents is 1. The van der Waals surface area contributed by atoms with Gasteiger partial charge in [-0.25, -0.2) is 8.78 Å². The second-order valence-corrected chi connectivity index (χ2v) is 6.71. The van der Waals surface area contributed by atoms with Gasteiger partial charge in [-0.15, -0.1) is 11.8 Å². The van der Waals surface area contributed by atoms with Crippen molar-refractivity contribution in [3.05, 3.63) is 64.2 Å². The maximum Gasteiger partial charge on any atom is 0.319 e. The number of carbonyl (C=O) groups is 2. The third-order valence-corrected chi connectivity index (χ3v) is 4.33. The summed E-state index contributed by atoms with van der Waals surface area (Å²) in [5, 5.41) is 12.2. The summed E-state index contributed by atoms with van der Waals surface area (Å²) in [5.41, 5.74) is -0.0354. The van der Waals surface area contributed by atoms with Gasteiger partial charge in [-0.1, -0.05) is 0 Å². The quantitative estimate of drug-likeness (QED) is 0.333. The lowest BCUT2D eigenvalue weighted by Crippen LogP contribution is -2.24. The number of non-ortho nitro benzene ring substituents is 1. The minimum Gasteiger partial charge on any atom is -0.455 e. The molecule has 142 valence electrons. The van der Waals surface area contributed by atoms with E-state index in [-0.39, 0.29) is 11.4 Å². The molecule has 0 spiro atoms. The summed E-state index contributed by atoms with van der Waals surface area (Å²) in [7, 11) is 0. The summed E-state index contributed by atoms with van der Waals surface area (Å²) in [4.78, 5) is 34.4. The molecule has 0 saturated carbocycles. The van der Waals surface area contributed by atoms with Crippen molar-refractivity contribution < 1.29 is 28.0 Å². The Labute approximate surface area is 156 Å². The summed E-state index contributed by atoms with van der Waals surface area (Å²) in [6, 6.07) is 8.48. The number of nitrogens with zero attached hydrogens (tertiary/aromatic N) is 1. The molecule has 0 unspecified atom stereocenters. The second-order valence-electron chi connectivity index (χ2n) is 5.30. The molecule has 2 aromatic rings. The Morgan fingerprint density at radius 2 is 1.85 bits per heavy atom. The van der Waals surface area contributed by atoms with E-state index in [1.807, 2.05) is 0 Å². The highest BCUT2D eigenvalue weighted by Crippen LogP contribution is 2.26. The lowest BCUT2D eigenvalue weighted by molar-refractivity contribution is -0.384. The molecule has 0 aliphatic carbocycles. The van der Waals surface area contributed by atoms with Crippen molar-refractivity contribution in [3.8, 4) is 0 Å². The molecule has 0 saturated heterocycles. The fourth-order valence-electron chi connectivity index (χ4n) is 1.92. The van der Waals surface area contributed by atoms with Gasteiger partial charge in [0.15, 0.2) is 18.2 Å². The number of carbonyl (C=O) groups excluding carboxylic acids is 2. The molecule has 0 radical (unpaired) electrons. The van der Waals surface area contributed by atoms with Crippen molar-refractivity contribution >= 4 is 35.0 Å². The molecule has 10 heteroatoms. The zero-order valence-electron chi connectivity index (χ0n) is 14.0. The molecular weight excluding hydrogens is 382 g/mol. The van der Waals surface area contributed by atoms with Gasteiger partial charge in [0.1, 0.15) is 5.25 Å². The Morgan fingerprint density at radius 3 is 2.44 bits per heavy atom. The standard InChI is InChI=1S/C17H14F2N2O5S/c1-10(27-13-5-3-12(4-6-13)21(24)25)17(23)26-9-16(22)20-11-2-7-14(18)15(19)8-11/h2-8,10H,9H2,1H3,(H,20,22)/t10-/m0/s1. The number of nitro groups is 1. The molecule has 27 heavy (non-hydrogen) atoms. The molecule has 0 fully saturated rings. The predicted octanol–water partition coefficient (Wildman–Crippen LogP) is 3.54. The Morgan fingerprint density at radius 1 is 1.19 bits per heavy atom. The van der Waals surface area contributed by atoms with Crippen LogP contribution in [-0.2, 0) is 14.3 Å². The lowest BCUT2D eigenvalue weighted by Gasteiger charge is -2.11. The highest BCUT2D eigenvalue weighted by atomic mass is 32.2. The number of esters is 1. The third-order valence-electron chi connectivity index (χ3n) is 3.24. The van der Waals surface area contributed by atoms with Crippen LogP contribution >= 0.6 is 11.8 Å². The molecule has 0 bridgehead atoms. The number of thioether (sulfide) groups is 1. The van der Waals surface area contributed by atoms with Gasteiger partial charge >= 0.3 is 5.97 Å². The number of hydrogen-bond acceptors (Lipinski definition) is 6. The van der Waals surface area contributed by atoms with Crippen LogP contribution in [0.5, 0.6) is 0 Å². The minimum absolute atomic E-state index is 0.0308. The smallest absolute Gasteiger partial charge is 0.319 e. The topological polar surface area (TPSA) is 98.5 Å². The van der Waals surface area contributed by atoms with Crippen molar-refractivity contribution in [2.24, 2.45) is 0 Å². The molecule has 1 atom stereocenters. The van der Waals surface area contributed by atoms with E-state index < -0.39 is 40.3 Å². The highest BCUT2D eigenvalue weighted by molar-refractivity contribution is 8.00. The summed E-state index contributed by atoms with van der Waals surface area (Å²) in [6.45, 7) is 0.963. The number of hydrogen-bond donors (Lipinski definition) is 1. The van der Waals surface area contributed by atoms with Gasteiger partial charge in [0.05, 0.1) is 4.92 Å². The maximum atomic E-state index is 13.1. The predicted molar refractivity (Wildman–Crippen MR) is 94.4 cm³/mol. The SMILES string of the molecule is C[C@H](Sc1ccc([N+](=O)[O-])cc1)C(=O)OCC(=O)Nc1ccc(F)c(F)c1. The van der Waals surface area contributed by atoms with Gasteiger partial charge in [-0.3, -0.25) is 19.7 Å². The average molecular weight is 396 g/mol. The van der Waals surface area contributed by atoms with Gasteiger partial charge in [-0.05, 0) is 31.2 Å². The van der Waals surface area contributed by atoms with Crippen LogP contribution in [0.2, 0.25) is 0 Å². The minimum atomic E-state index is -1.11. The van der Waals surface area contributed by atoms with Crippen LogP contribution < -0.4 is 5.32 Å². The van der Waals surface area contributed by atoms with Crippen LogP contribution in [0.3, 0.4) is 0 Å². The fraction of sp³-hybridized carbons (Fsp3) is 0.176. The van der Waals surface area contributed by atoms with E-state index >= 15 is 0 Å². The molecule has 2 aromatic carbocycles. The van der Waals surface area contributed by atoms with Gasteiger partial charge in [0.25, 0.3) is 11.6 Å². The summed E-state index contributed by atoms with van der Waals surface area (Å²) >= 11 is 1.11. The van der Waals surface area contributed by atoms with Crippen molar-refractivity contribution in [1.29, 1.82) is 0 Å². The summed E-state index contributed by atoms with van der Waals surface area (Å²) < 4.78 is 30.8. The number of rotatable bonds is 7. The lowest BCUT2D eigenvalue weighted by atomic mass is 10.3. The van der Waals surface area contributed by atoms with E-state index in [4.69, 9.17) is 4.74 Å². The Balaban J connectivity index is 1.82.